The van der Waals surface area contributed by atoms with Crippen LogP contribution in [0, 0.1) is 0 Å². The van der Waals surface area contributed by atoms with E-state index >= 15 is 0 Å². The fourth-order valence-corrected chi connectivity index (χ4v) is 4.60. The van der Waals surface area contributed by atoms with Crippen LogP contribution in [0.3, 0.4) is 0 Å². The Morgan fingerprint density at radius 2 is 1.67 bits per heavy atom. The molecule has 0 aliphatic carbocycles. The van der Waals surface area contributed by atoms with Crippen molar-refractivity contribution in [2.45, 2.75) is 37.5 Å². The summed E-state index contributed by atoms with van der Waals surface area (Å²) in [5.41, 5.74) is 1.26. The van der Waals surface area contributed by atoms with Gasteiger partial charge in [-0.1, -0.05) is 72.2 Å². The normalized spacial score (nSPS) is 14.7. The third kappa shape index (κ3) is 5.78. The number of rotatable bonds is 9. The smallest absolute Gasteiger partial charge is 0.191 e. The van der Waals surface area contributed by atoms with Crippen molar-refractivity contribution in [1.29, 1.82) is 0 Å². The molecule has 1 aliphatic rings. The van der Waals surface area contributed by atoms with Crippen LogP contribution in [-0.4, -0.2) is 45.1 Å². The lowest BCUT2D eigenvalue weighted by Gasteiger charge is -2.26. The standard InChI is InChI=1S/C23H27ClN4OS/c24-20-11-5-6-12-21(20)29-15-16-30-23-26-25-22(18-27-13-7-2-8-14-27)28(23)17-19-9-3-1-4-10-19/h1,3-6,9-12H,2,7-8,13-18H2. The van der Waals surface area contributed by atoms with E-state index in [1.54, 1.807) is 11.8 Å². The van der Waals surface area contributed by atoms with Crippen LogP contribution in [0.5, 0.6) is 5.75 Å². The molecule has 0 radical (unpaired) electrons. The molecule has 30 heavy (non-hydrogen) atoms. The van der Waals surface area contributed by atoms with Gasteiger partial charge < -0.3 is 9.30 Å². The first-order valence-electron chi connectivity index (χ1n) is 10.5. The zero-order valence-corrected chi connectivity index (χ0v) is 18.6. The van der Waals surface area contributed by atoms with Crippen molar-refractivity contribution in [1.82, 2.24) is 19.7 Å². The summed E-state index contributed by atoms with van der Waals surface area (Å²) in [4.78, 5) is 2.49. The average Bonchev–Trinajstić information content (AvgIpc) is 3.15. The number of piperidine rings is 1. The third-order valence-corrected chi connectivity index (χ3v) is 6.44. The fraction of sp³-hybridized carbons (Fsp3) is 0.391. The van der Waals surface area contributed by atoms with Gasteiger partial charge in [0.25, 0.3) is 0 Å². The van der Waals surface area contributed by atoms with Crippen LogP contribution < -0.4 is 4.74 Å². The summed E-state index contributed by atoms with van der Waals surface area (Å²) in [7, 11) is 0. The van der Waals surface area contributed by atoms with Gasteiger partial charge in [-0.05, 0) is 43.6 Å². The summed E-state index contributed by atoms with van der Waals surface area (Å²) in [5, 5.41) is 10.6. The molecule has 0 bridgehead atoms. The monoisotopic (exact) mass is 442 g/mol. The molecule has 2 aromatic carbocycles. The second-order valence-electron chi connectivity index (χ2n) is 7.43. The largest absolute Gasteiger partial charge is 0.491 e. The molecule has 158 valence electrons. The van der Waals surface area contributed by atoms with Crippen LogP contribution in [0.25, 0.3) is 0 Å². The molecule has 1 aliphatic heterocycles. The summed E-state index contributed by atoms with van der Waals surface area (Å²) in [6.45, 7) is 4.49. The van der Waals surface area contributed by atoms with E-state index in [4.69, 9.17) is 16.3 Å². The first-order valence-corrected chi connectivity index (χ1v) is 11.8. The maximum Gasteiger partial charge on any atom is 0.191 e. The number of thioether (sulfide) groups is 1. The minimum atomic E-state index is 0.564. The van der Waals surface area contributed by atoms with Crippen LogP contribution in [-0.2, 0) is 13.1 Å². The maximum absolute atomic E-state index is 6.17. The van der Waals surface area contributed by atoms with Crippen LogP contribution >= 0.6 is 23.4 Å². The van der Waals surface area contributed by atoms with Gasteiger partial charge in [-0.2, -0.15) is 0 Å². The Labute approximate surface area is 187 Å². The second kappa shape index (κ2) is 10.8. The highest BCUT2D eigenvalue weighted by Crippen LogP contribution is 2.25. The molecule has 1 fully saturated rings. The predicted molar refractivity (Wildman–Crippen MR) is 122 cm³/mol. The molecule has 0 atom stereocenters. The van der Waals surface area contributed by atoms with Gasteiger partial charge in [-0.3, -0.25) is 4.90 Å². The highest BCUT2D eigenvalue weighted by atomic mass is 35.5. The summed E-state index contributed by atoms with van der Waals surface area (Å²) in [5.74, 6) is 2.54. The predicted octanol–water partition coefficient (Wildman–Crippen LogP) is 5.14. The van der Waals surface area contributed by atoms with Crippen LogP contribution in [0.15, 0.2) is 59.8 Å². The summed E-state index contributed by atoms with van der Waals surface area (Å²) in [6.07, 6.45) is 3.88. The molecule has 0 amide bonds. The van der Waals surface area contributed by atoms with Gasteiger partial charge in [0.1, 0.15) is 11.6 Å². The van der Waals surface area contributed by atoms with E-state index in [9.17, 15) is 0 Å². The number of para-hydroxylation sites is 1. The van der Waals surface area contributed by atoms with Crippen molar-refractivity contribution < 1.29 is 4.74 Å². The van der Waals surface area contributed by atoms with E-state index in [-0.39, 0.29) is 0 Å². The molecule has 0 unspecified atom stereocenters. The average molecular weight is 443 g/mol. The van der Waals surface area contributed by atoms with E-state index in [1.165, 1.54) is 24.8 Å². The van der Waals surface area contributed by atoms with Crippen molar-refractivity contribution in [2.24, 2.45) is 0 Å². The van der Waals surface area contributed by atoms with Crippen molar-refractivity contribution in [3.8, 4) is 5.75 Å². The number of nitrogens with zero attached hydrogens (tertiary/aromatic N) is 4. The number of hydrogen-bond acceptors (Lipinski definition) is 5. The molecule has 0 spiro atoms. The number of ether oxygens (including phenoxy) is 1. The lowest BCUT2D eigenvalue weighted by molar-refractivity contribution is 0.213. The van der Waals surface area contributed by atoms with E-state index in [0.29, 0.717) is 11.6 Å². The Bertz CT molecular complexity index is 928. The molecular formula is C23H27ClN4OS. The molecule has 0 N–H and O–H groups in total. The molecular weight excluding hydrogens is 416 g/mol. The van der Waals surface area contributed by atoms with Gasteiger partial charge in [0, 0.05) is 5.75 Å². The topological polar surface area (TPSA) is 43.2 Å². The van der Waals surface area contributed by atoms with E-state index < -0.39 is 0 Å². The zero-order valence-electron chi connectivity index (χ0n) is 17.0. The molecule has 0 saturated carbocycles. The molecule has 1 saturated heterocycles. The number of halogens is 1. The molecule has 5 nitrogen and oxygen atoms in total. The molecule has 2 heterocycles. The van der Waals surface area contributed by atoms with Crippen LogP contribution in [0.1, 0.15) is 30.7 Å². The Morgan fingerprint density at radius 3 is 2.47 bits per heavy atom. The summed E-state index contributed by atoms with van der Waals surface area (Å²) in [6, 6.07) is 18.1. The van der Waals surface area contributed by atoms with E-state index in [1.807, 2.05) is 30.3 Å². The van der Waals surface area contributed by atoms with Gasteiger partial charge >= 0.3 is 0 Å². The Balaban J connectivity index is 1.42. The zero-order chi connectivity index (χ0) is 20.6. The third-order valence-electron chi connectivity index (χ3n) is 5.20. The lowest BCUT2D eigenvalue weighted by atomic mass is 10.1. The van der Waals surface area contributed by atoms with Gasteiger partial charge in [-0.15, -0.1) is 10.2 Å². The van der Waals surface area contributed by atoms with Gasteiger partial charge in [0.2, 0.25) is 0 Å². The highest BCUT2D eigenvalue weighted by molar-refractivity contribution is 7.99. The first kappa shape index (κ1) is 21.2. The van der Waals surface area contributed by atoms with Crippen molar-refractivity contribution in [3.05, 3.63) is 71.0 Å². The minimum Gasteiger partial charge on any atom is -0.491 e. The highest BCUT2D eigenvalue weighted by Gasteiger charge is 2.18. The van der Waals surface area contributed by atoms with Gasteiger partial charge in [0.05, 0.1) is 24.7 Å². The number of likely N-dealkylation sites (tertiary alicyclic amines) is 1. The van der Waals surface area contributed by atoms with Crippen LogP contribution in [0.4, 0.5) is 0 Å². The Morgan fingerprint density at radius 1 is 0.900 bits per heavy atom. The fourth-order valence-electron chi connectivity index (χ4n) is 3.63. The lowest BCUT2D eigenvalue weighted by Crippen LogP contribution is -2.30. The van der Waals surface area contributed by atoms with E-state index in [2.05, 4.69) is 43.9 Å². The molecule has 3 aromatic rings. The molecule has 7 heteroatoms. The summed E-state index contributed by atoms with van der Waals surface area (Å²) >= 11 is 7.85. The van der Waals surface area contributed by atoms with Crippen molar-refractivity contribution in [2.75, 3.05) is 25.4 Å². The number of benzene rings is 2. The Hall–Kier alpha value is -2.02. The van der Waals surface area contributed by atoms with Crippen molar-refractivity contribution >= 4 is 23.4 Å². The SMILES string of the molecule is Clc1ccccc1OCCSc1nnc(CN2CCCCC2)n1Cc1ccccc1. The quantitative estimate of drug-likeness (QED) is 0.339. The van der Waals surface area contributed by atoms with Crippen molar-refractivity contribution in [3.63, 3.8) is 0 Å². The van der Waals surface area contributed by atoms with Gasteiger partial charge in [-0.25, -0.2) is 0 Å². The molecule has 1 aromatic heterocycles. The van der Waals surface area contributed by atoms with Crippen LogP contribution in [0.2, 0.25) is 5.02 Å². The minimum absolute atomic E-state index is 0.564. The second-order valence-corrected chi connectivity index (χ2v) is 8.90. The maximum atomic E-state index is 6.17. The van der Waals surface area contributed by atoms with E-state index in [0.717, 1.165) is 48.7 Å². The van der Waals surface area contributed by atoms with Gasteiger partial charge in [0.15, 0.2) is 5.16 Å². The number of hydrogen-bond donors (Lipinski definition) is 0. The first-order chi connectivity index (χ1) is 14.8. The Kier molecular flexibility index (Phi) is 7.67. The summed E-state index contributed by atoms with van der Waals surface area (Å²) < 4.78 is 8.08. The molecule has 4 rings (SSSR count). The number of aromatic nitrogens is 3.